The van der Waals surface area contributed by atoms with Crippen molar-refractivity contribution in [3.8, 4) is 5.75 Å². The van der Waals surface area contributed by atoms with Gasteiger partial charge < -0.3 is 25.8 Å². The Labute approximate surface area is 236 Å². The molecule has 4 atom stereocenters. The molecule has 2 aromatic rings. The van der Waals surface area contributed by atoms with E-state index < -0.39 is 29.8 Å². The van der Waals surface area contributed by atoms with Gasteiger partial charge in [0.05, 0.1) is 16.1 Å². The summed E-state index contributed by atoms with van der Waals surface area (Å²) in [4.78, 5) is 42.0. The molecule has 0 aromatic heterocycles. The van der Waals surface area contributed by atoms with Crippen molar-refractivity contribution >= 4 is 41.0 Å². The van der Waals surface area contributed by atoms with Crippen molar-refractivity contribution in [1.82, 2.24) is 15.1 Å². The fourth-order valence-corrected chi connectivity index (χ4v) is 5.50. The fraction of sp³-hybridized carbons (Fsp3) is 0.444. The smallest absolute Gasteiger partial charge is 0.303 e. The van der Waals surface area contributed by atoms with Gasteiger partial charge in [-0.15, -0.1) is 0 Å². The lowest BCUT2D eigenvalue weighted by Crippen LogP contribution is -2.53. The highest BCUT2D eigenvalue weighted by atomic mass is 35.5. The Morgan fingerprint density at radius 1 is 1.21 bits per heavy atom. The number of fused-ring (bicyclic) bond motifs is 1. The van der Waals surface area contributed by atoms with Gasteiger partial charge in [-0.3, -0.25) is 19.3 Å². The third-order valence-corrected chi connectivity index (χ3v) is 7.88. The number of nitrogens with two attached hydrogens (primary N) is 1. The molecule has 2 heterocycles. The van der Waals surface area contributed by atoms with Gasteiger partial charge in [0, 0.05) is 38.1 Å². The normalized spacial score (nSPS) is 22.2. The number of ether oxygens (including phenoxy) is 1. The van der Waals surface area contributed by atoms with Gasteiger partial charge in [0.2, 0.25) is 11.8 Å². The molecule has 2 fully saturated rings. The van der Waals surface area contributed by atoms with E-state index in [9.17, 15) is 23.9 Å². The van der Waals surface area contributed by atoms with Crippen molar-refractivity contribution in [2.45, 2.75) is 56.4 Å². The van der Waals surface area contributed by atoms with E-state index in [0.717, 1.165) is 0 Å². The summed E-state index contributed by atoms with van der Waals surface area (Å²) in [6, 6.07) is 8.97. The SMILES string of the molecule is N[C@@H]1C[C@H]2C(=O)N([C@H](CCC(=O)O)C(=O)NCc3ccc(Cl)c(Cl)c3)CCC(COc3ccccc3F)N2C1. The number of hydrogen-bond acceptors (Lipinski definition) is 6. The Morgan fingerprint density at radius 2 is 1.97 bits per heavy atom. The number of halogens is 3. The number of rotatable bonds is 10. The first-order valence-corrected chi connectivity index (χ1v) is 13.5. The van der Waals surface area contributed by atoms with Crippen LogP contribution in [0.1, 0.15) is 31.2 Å². The zero-order valence-electron chi connectivity index (χ0n) is 21.2. The Kier molecular flexibility index (Phi) is 9.66. The number of carbonyl (C=O) groups is 3. The second-order valence-corrected chi connectivity index (χ2v) is 10.7. The van der Waals surface area contributed by atoms with Gasteiger partial charge in [0.1, 0.15) is 12.6 Å². The molecule has 0 saturated carbocycles. The second-order valence-electron chi connectivity index (χ2n) is 9.84. The zero-order chi connectivity index (χ0) is 28.1. The number of nitrogens with one attached hydrogen (secondary N) is 1. The number of hydrogen-bond donors (Lipinski definition) is 3. The van der Waals surface area contributed by atoms with E-state index in [1.807, 2.05) is 4.90 Å². The van der Waals surface area contributed by atoms with Crippen molar-refractivity contribution in [2.75, 3.05) is 19.7 Å². The quantitative estimate of drug-likeness (QED) is 0.394. The molecule has 0 bridgehead atoms. The summed E-state index contributed by atoms with van der Waals surface area (Å²) in [5, 5.41) is 12.9. The number of para-hydroxylation sites is 1. The van der Waals surface area contributed by atoms with E-state index in [1.54, 1.807) is 30.3 Å². The molecule has 0 aliphatic carbocycles. The molecular weight excluding hydrogens is 550 g/mol. The van der Waals surface area contributed by atoms with Crippen molar-refractivity contribution in [1.29, 1.82) is 0 Å². The van der Waals surface area contributed by atoms with E-state index >= 15 is 0 Å². The van der Waals surface area contributed by atoms with Crippen LogP contribution in [0.15, 0.2) is 42.5 Å². The Hall–Kier alpha value is -2.92. The van der Waals surface area contributed by atoms with Crippen LogP contribution in [0.4, 0.5) is 4.39 Å². The lowest BCUT2D eigenvalue weighted by Gasteiger charge is -2.32. The number of amides is 2. The first kappa shape index (κ1) is 29.1. The molecular formula is C27H31Cl2FN4O5. The minimum atomic E-state index is -1.07. The van der Waals surface area contributed by atoms with Crippen LogP contribution in [-0.2, 0) is 20.9 Å². The molecule has 4 N–H and O–H groups in total. The summed E-state index contributed by atoms with van der Waals surface area (Å²) in [5.74, 6) is -2.18. The molecule has 12 heteroatoms. The third kappa shape index (κ3) is 7.19. The fourth-order valence-electron chi connectivity index (χ4n) is 5.18. The maximum atomic E-state index is 14.1. The largest absolute Gasteiger partial charge is 0.489 e. The molecule has 2 amide bonds. The number of carbonyl (C=O) groups excluding carboxylic acids is 2. The van der Waals surface area contributed by atoms with Gasteiger partial charge in [0.25, 0.3) is 0 Å². The van der Waals surface area contributed by atoms with E-state index in [-0.39, 0.29) is 56.3 Å². The predicted molar refractivity (Wildman–Crippen MR) is 144 cm³/mol. The van der Waals surface area contributed by atoms with Crippen LogP contribution in [0, 0.1) is 5.82 Å². The highest BCUT2D eigenvalue weighted by molar-refractivity contribution is 6.42. The first-order valence-electron chi connectivity index (χ1n) is 12.8. The molecule has 0 radical (unpaired) electrons. The number of nitrogens with zero attached hydrogens (tertiary/aromatic N) is 2. The molecule has 4 rings (SSSR count). The summed E-state index contributed by atoms with van der Waals surface area (Å²) < 4.78 is 19.9. The molecule has 2 aromatic carbocycles. The minimum absolute atomic E-state index is 0.0521. The Bertz CT molecular complexity index is 1220. The summed E-state index contributed by atoms with van der Waals surface area (Å²) in [7, 11) is 0. The van der Waals surface area contributed by atoms with E-state index in [4.69, 9.17) is 33.7 Å². The van der Waals surface area contributed by atoms with Crippen molar-refractivity contribution in [3.05, 3.63) is 63.9 Å². The topological polar surface area (TPSA) is 125 Å². The summed E-state index contributed by atoms with van der Waals surface area (Å²) in [6.07, 6.45) is 0.487. The standard InChI is InChI=1S/C27H31Cl2FN4O5/c28-19-6-5-16(11-20(19)29)13-32-26(37)22(7-8-25(35)36)33-10-9-18(15-39-24-4-2-1-3-21(24)30)34-14-17(31)12-23(34)27(33)38/h1-6,11,17-18,22-23H,7-10,12-15,31H2,(H,32,37)(H,35,36)/t17-,18?,22-,23+/m1/s1. The molecule has 2 aliphatic heterocycles. The predicted octanol–water partition coefficient (Wildman–Crippen LogP) is 3.06. The van der Waals surface area contributed by atoms with E-state index in [2.05, 4.69) is 5.32 Å². The maximum absolute atomic E-state index is 14.1. The van der Waals surface area contributed by atoms with Crippen LogP contribution < -0.4 is 15.8 Å². The molecule has 210 valence electrons. The minimum Gasteiger partial charge on any atom is -0.489 e. The molecule has 39 heavy (non-hydrogen) atoms. The monoisotopic (exact) mass is 580 g/mol. The van der Waals surface area contributed by atoms with Crippen LogP contribution in [0.25, 0.3) is 0 Å². The van der Waals surface area contributed by atoms with Crippen LogP contribution >= 0.6 is 23.2 Å². The number of aliphatic carboxylic acids is 1. The first-order chi connectivity index (χ1) is 18.6. The Balaban J connectivity index is 1.52. The van der Waals surface area contributed by atoms with E-state index in [1.165, 1.54) is 17.0 Å². The average Bonchev–Trinajstić information content (AvgIpc) is 3.24. The van der Waals surface area contributed by atoms with Gasteiger partial charge in [0.15, 0.2) is 11.6 Å². The third-order valence-electron chi connectivity index (χ3n) is 7.14. The van der Waals surface area contributed by atoms with Gasteiger partial charge in [-0.05, 0) is 49.1 Å². The molecule has 9 nitrogen and oxygen atoms in total. The van der Waals surface area contributed by atoms with Gasteiger partial charge in [-0.25, -0.2) is 4.39 Å². The number of carboxylic acid groups (broad SMARTS) is 1. The van der Waals surface area contributed by atoms with E-state index in [0.29, 0.717) is 35.0 Å². The van der Waals surface area contributed by atoms with Gasteiger partial charge >= 0.3 is 5.97 Å². The average molecular weight is 581 g/mol. The summed E-state index contributed by atoms with van der Waals surface area (Å²) in [5.41, 5.74) is 6.93. The van der Waals surface area contributed by atoms with Gasteiger partial charge in [-0.1, -0.05) is 41.4 Å². The molecule has 2 aliphatic rings. The highest BCUT2D eigenvalue weighted by Gasteiger charge is 2.46. The van der Waals surface area contributed by atoms with Crippen LogP contribution in [0.3, 0.4) is 0 Å². The number of benzene rings is 2. The van der Waals surface area contributed by atoms with Crippen molar-refractivity contribution < 1.29 is 28.6 Å². The number of carboxylic acids is 1. The molecule has 1 unspecified atom stereocenters. The van der Waals surface area contributed by atoms with Crippen LogP contribution in [0.2, 0.25) is 10.0 Å². The lowest BCUT2D eigenvalue weighted by atomic mass is 10.1. The lowest BCUT2D eigenvalue weighted by molar-refractivity contribution is -0.144. The summed E-state index contributed by atoms with van der Waals surface area (Å²) in [6.45, 7) is 0.922. The maximum Gasteiger partial charge on any atom is 0.303 e. The second kappa shape index (κ2) is 13.0. The van der Waals surface area contributed by atoms with Crippen molar-refractivity contribution in [2.24, 2.45) is 5.73 Å². The van der Waals surface area contributed by atoms with Crippen LogP contribution in [-0.4, -0.2) is 76.6 Å². The van der Waals surface area contributed by atoms with Crippen LogP contribution in [0.5, 0.6) is 5.75 Å². The molecule has 2 saturated heterocycles. The zero-order valence-corrected chi connectivity index (χ0v) is 22.7. The summed E-state index contributed by atoms with van der Waals surface area (Å²) >= 11 is 12.0. The Morgan fingerprint density at radius 3 is 2.69 bits per heavy atom. The molecule has 0 spiro atoms. The van der Waals surface area contributed by atoms with Crippen molar-refractivity contribution in [3.63, 3.8) is 0 Å². The highest BCUT2D eigenvalue weighted by Crippen LogP contribution is 2.29. The van der Waals surface area contributed by atoms with Gasteiger partial charge in [-0.2, -0.15) is 0 Å².